The molecule has 1 rings (SSSR count). The average Bonchev–Trinajstić information content (AvgIpc) is 2.30. The predicted molar refractivity (Wildman–Crippen MR) is 77.3 cm³/mol. The van der Waals surface area contributed by atoms with E-state index in [4.69, 9.17) is 10.8 Å². The first-order valence-electron chi connectivity index (χ1n) is 6.55. The SMILES string of the molecule is CC(C)C(CNc1cc(C(=O)O)c(N)cn1)C(C)C. The molecule has 0 saturated heterocycles. The second-order valence-electron chi connectivity index (χ2n) is 5.49. The first kappa shape index (κ1) is 15.3. The van der Waals surface area contributed by atoms with Crippen LogP contribution in [0.1, 0.15) is 38.1 Å². The van der Waals surface area contributed by atoms with Crippen molar-refractivity contribution in [3.05, 3.63) is 17.8 Å². The first-order chi connectivity index (χ1) is 8.82. The van der Waals surface area contributed by atoms with Gasteiger partial charge in [0.2, 0.25) is 0 Å². The zero-order chi connectivity index (χ0) is 14.6. The number of rotatable bonds is 6. The van der Waals surface area contributed by atoms with Gasteiger partial charge in [-0.1, -0.05) is 27.7 Å². The van der Waals surface area contributed by atoms with Gasteiger partial charge in [-0.15, -0.1) is 0 Å². The Morgan fingerprint density at radius 1 is 1.37 bits per heavy atom. The van der Waals surface area contributed by atoms with Crippen molar-refractivity contribution in [2.45, 2.75) is 27.7 Å². The number of pyridine rings is 1. The number of carbonyl (C=O) groups is 1. The summed E-state index contributed by atoms with van der Waals surface area (Å²) in [4.78, 5) is 15.1. The highest BCUT2D eigenvalue weighted by atomic mass is 16.4. The van der Waals surface area contributed by atoms with Gasteiger partial charge in [0.25, 0.3) is 0 Å². The Labute approximate surface area is 114 Å². The highest BCUT2D eigenvalue weighted by Gasteiger charge is 2.17. The van der Waals surface area contributed by atoms with E-state index in [0.717, 1.165) is 6.54 Å². The second-order valence-corrected chi connectivity index (χ2v) is 5.49. The van der Waals surface area contributed by atoms with E-state index >= 15 is 0 Å². The van der Waals surface area contributed by atoms with Crippen LogP contribution in [0.25, 0.3) is 0 Å². The molecule has 0 atom stereocenters. The predicted octanol–water partition coefficient (Wildman–Crippen LogP) is 2.70. The van der Waals surface area contributed by atoms with Crippen LogP contribution in [0.3, 0.4) is 0 Å². The van der Waals surface area contributed by atoms with E-state index in [1.54, 1.807) is 0 Å². The van der Waals surface area contributed by atoms with Gasteiger partial charge in [-0.05, 0) is 23.8 Å². The molecule has 0 radical (unpaired) electrons. The zero-order valence-corrected chi connectivity index (χ0v) is 12.0. The van der Waals surface area contributed by atoms with Gasteiger partial charge in [-0.2, -0.15) is 0 Å². The van der Waals surface area contributed by atoms with Crippen molar-refractivity contribution in [3.63, 3.8) is 0 Å². The number of nitrogens with one attached hydrogen (secondary N) is 1. The van der Waals surface area contributed by atoms with Crippen LogP contribution in [-0.2, 0) is 0 Å². The smallest absolute Gasteiger partial charge is 0.337 e. The quantitative estimate of drug-likeness (QED) is 0.736. The molecular formula is C14H23N3O2. The van der Waals surface area contributed by atoms with Gasteiger partial charge in [0, 0.05) is 6.54 Å². The van der Waals surface area contributed by atoms with Crippen molar-refractivity contribution in [2.75, 3.05) is 17.6 Å². The van der Waals surface area contributed by atoms with Crippen molar-refractivity contribution >= 4 is 17.5 Å². The van der Waals surface area contributed by atoms with Gasteiger partial charge in [0.05, 0.1) is 17.4 Å². The number of hydrogen-bond donors (Lipinski definition) is 3. The number of anilines is 2. The molecule has 0 aliphatic rings. The summed E-state index contributed by atoms with van der Waals surface area (Å²) in [7, 11) is 0. The number of carboxylic acid groups (broad SMARTS) is 1. The Hall–Kier alpha value is -1.78. The molecule has 1 heterocycles. The van der Waals surface area contributed by atoms with E-state index < -0.39 is 5.97 Å². The minimum atomic E-state index is -1.03. The van der Waals surface area contributed by atoms with Crippen molar-refractivity contribution in [2.24, 2.45) is 17.8 Å². The van der Waals surface area contributed by atoms with Gasteiger partial charge < -0.3 is 16.2 Å². The van der Waals surface area contributed by atoms with Gasteiger partial charge in [-0.25, -0.2) is 9.78 Å². The van der Waals surface area contributed by atoms with Gasteiger partial charge in [-0.3, -0.25) is 0 Å². The summed E-state index contributed by atoms with van der Waals surface area (Å²) in [5, 5.41) is 12.2. The van der Waals surface area contributed by atoms with Crippen LogP contribution in [-0.4, -0.2) is 22.6 Å². The van der Waals surface area contributed by atoms with Crippen LogP contribution in [0.2, 0.25) is 0 Å². The van der Waals surface area contributed by atoms with Gasteiger partial charge in [0.15, 0.2) is 0 Å². The maximum absolute atomic E-state index is 11.0. The minimum Gasteiger partial charge on any atom is -0.478 e. The van der Waals surface area contributed by atoms with Crippen LogP contribution in [0.5, 0.6) is 0 Å². The molecule has 1 aromatic heterocycles. The number of aromatic nitrogens is 1. The topological polar surface area (TPSA) is 88.2 Å². The Morgan fingerprint density at radius 2 is 1.95 bits per heavy atom. The van der Waals surface area contributed by atoms with Crippen LogP contribution >= 0.6 is 0 Å². The molecule has 0 saturated carbocycles. The average molecular weight is 265 g/mol. The van der Waals surface area contributed by atoms with Crippen LogP contribution in [0.4, 0.5) is 11.5 Å². The van der Waals surface area contributed by atoms with E-state index in [2.05, 4.69) is 38.0 Å². The number of nitrogen functional groups attached to an aromatic ring is 1. The summed E-state index contributed by atoms with van der Waals surface area (Å²) in [6.07, 6.45) is 1.38. The maximum Gasteiger partial charge on any atom is 0.337 e. The number of nitrogens with two attached hydrogens (primary N) is 1. The molecule has 5 nitrogen and oxygen atoms in total. The summed E-state index contributed by atoms with van der Waals surface area (Å²) in [6, 6.07) is 1.48. The monoisotopic (exact) mass is 265 g/mol. The van der Waals surface area contributed by atoms with E-state index in [1.807, 2.05) is 0 Å². The first-order valence-corrected chi connectivity index (χ1v) is 6.55. The van der Waals surface area contributed by atoms with Gasteiger partial charge in [0.1, 0.15) is 5.82 Å². The van der Waals surface area contributed by atoms with Crippen LogP contribution < -0.4 is 11.1 Å². The third kappa shape index (κ3) is 4.12. The van der Waals surface area contributed by atoms with Crippen molar-refractivity contribution < 1.29 is 9.90 Å². The Bertz CT molecular complexity index is 436. The van der Waals surface area contributed by atoms with Crippen molar-refractivity contribution in [1.29, 1.82) is 0 Å². The van der Waals surface area contributed by atoms with E-state index in [9.17, 15) is 4.79 Å². The van der Waals surface area contributed by atoms with E-state index in [0.29, 0.717) is 23.6 Å². The lowest BCUT2D eigenvalue weighted by molar-refractivity contribution is 0.0698. The fourth-order valence-corrected chi connectivity index (χ4v) is 2.21. The normalized spacial score (nSPS) is 11.3. The number of nitrogens with zero attached hydrogens (tertiary/aromatic N) is 1. The fourth-order valence-electron chi connectivity index (χ4n) is 2.21. The Balaban J connectivity index is 2.78. The number of carboxylic acids is 1. The molecule has 106 valence electrons. The molecular weight excluding hydrogens is 242 g/mol. The van der Waals surface area contributed by atoms with Crippen LogP contribution in [0.15, 0.2) is 12.3 Å². The molecule has 0 fully saturated rings. The lowest BCUT2D eigenvalue weighted by atomic mass is 9.85. The number of aromatic carboxylic acids is 1. The summed E-state index contributed by atoms with van der Waals surface area (Å²) in [6.45, 7) is 9.51. The molecule has 0 unspecified atom stereocenters. The highest BCUT2D eigenvalue weighted by Crippen LogP contribution is 2.21. The summed E-state index contributed by atoms with van der Waals surface area (Å²) < 4.78 is 0. The fraction of sp³-hybridized carbons (Fsp3) is 0.571. The molecule has 19 heavy (non-hydrogen) atoms. The summed E-state index contributed by atoms with van der Waals surface area (Å²) in [5.74, 6) is 1.14. The lowest BCUT2D eigenvalue weighted by Gasteiger charge is -2.25. The van der Waals surface area contributed by atoms with Gasteiger partial charge >= 0.3 is 5.97 Å². The maximum atomic E-state index is 11.0. The zero-order valence-electron chi connectivity index (χ0n) is 12.0. The molecule has 0 aliphatic heterocycles. The minimum absolute atomic E-state index is 0.0862. The molecule has 0 aliphatic carbocycles. The highest BCUT2D eigenvalue weighted by molar-refractivity contribution is 5.94. The number of hydrogen-bond acceptors (Lipinski definition) is 4. The Kier molecular flexibility index (Phi) is 5.15. The molecule has 0 amide bonds. The molecule has 0 spiro atoms. The van der Waals surface area contributed by atoms with E-state index in [-0.39, 0.29) is 11.3 Å². The molecule has 4 N–H and O–H groups in total. The third-order valence-corrected chi connectivity index (χ3v) is 3.40. The lowest BCUT2D eigenvalue weighted by Crippen LogP contribution is -2.25. The van der Waals surface area contributed by atoms with E-state index in [1.165, 1.54) is 12.3 Å². The van der Waals surface area contributed by atoms with Crippen molar-refractivity contribution in [1.82, 2.24) is 4.98 Å². The summed E-state index contributed by atoms with van der Waals surface area (Å²) >= 11 is 0. The molecule has 0 aromatic carbocycles. The molecule has 0 bridgehead atoms. The third-order valence-electron chi connectivity index (χ3n) is 3.40. The second kappa shape index (κ2) is 6.41. The summed E-state index contributed by atoms with van der Waals surface area (Å²) in [5.41, 5.74) is 5.84. The molecule has 5 heteroatoms. The molecule has 1 aromatic rings. The van der Waals surface area contributed by atoms with Crippen molar-refractivity contribution in [3.8, 4) is 0 Å². The standard InChI is InChI=1S/C14H23N3O2/c1-8(2)11(9(3)4)6-16-13-5-10(14(18)19)12(15)7-17-13/h5,7-9,11H,6,15H2,1-4H3,(H,16,17)(H,18,19). The van der Waals surface area contributed by atoms with Crippen LogP contribution in [0, 0.1) is 17.8 Å². The Morgan fingerprint density at radius 3 is 2.42 bits per heavy atom. The largest absolute Gasteiger partial charge is 0.478 e.